The number of hydrogen-bond donors (Lipinski definition) is 7. The number of carbonyl (C=O) groups excluding carboxylic acids is 5. The summed E-state index contributed by atoms with van der Waals surface area (Å²) in [5, 5.41) is 26.1. The average molecular weight is 528 g/mol. The molecule has 0 saturated carbocycles. The number of ether oxygens (including phenoxy) is 1. The molecule has 9 N–H and O–H groups in total. The maximum absolute atomic E-state index is 12.8. The van der Waals surface area contributed by atoms with Crippen molar-refractivity contribution < 1.29 is 38.9 Å². The third kappa shape index (κ3) is 11.1. The van der Waals surface area contributed by atoms with Crippen molar-refractivity contribution in [1.82, 2.24) is 16.0 Å². The predicted molar refractivity (Wildman–Crippen MR) is 131 cm³/mol. The van der Waals surface area contributed by atoms with E-state index < -0.39 is 60.6 Å². The van der Waals surface area contributed by atoms with Crippen LogP contribution in [-0.2, 0) is 35.1 Å². The van der Waals surface area contributed by atoms with E-state index in [0.717, 1.165) is 11.8 Å². The van der Waals surface area contributed by atoms with Crippen molar-refractivity contribution in [1.29, 1.82) is 0 Å². The first-order valence-electron chi connectivity index (χ1n) is 11.0. The normalized spacial score (nSPS) is 14.9. The van der Waals surface area contributed by atoms with Crippen molar-refractivity contribution in [3.8, 4) is 0 Å². The van der Waals surface area contributed by atoms with E-state index in [0.29, 0.717) is 5.56 Å². The molecule has 0 aliphatic heterocycles. The van der Waals surface area contributed by atoms with Gasteiger partial charge >= 0.3 is 11.9 Å². The molecule has 5 atom stereocenters. The van der Waals surface area contributed by atoms with Crippen LogP contribution in [0, 0.1) is 0 Å². The monoisotopic (exact) mass is 527 g/mol. The summed E-state index contributed by atoms with van der Waals surface area (Å²) in [7, 11) is 0. The van der Waals surface area contributed by atoms with Crippen LogP contribution in [0.2, 0.25) is 0 Å². The molecule has 0 spiro atoms. The van der Waals surface area contributed by atoms with Gasteiger partial charge in [-0.1, -0.05) is 30.3 Å². The summed E-state index contributed by atoms with van der Waals surface area (Å²) in [6.07, 6.45) is -1.27. The zero-order valence-electron chi connectivity index (χ0n) is 20.0. The van der Waals surface area contributed by atoms with Crippen LogP contribution in [-0.4, -0.2) is 88.4 Å². The maximum Gasteiger partial charge on any atom is 0.336 e. The Morgan fingerprint density at radius 2 is 1.61 bits per heavy atom. The molecular weight excluding hydrogens is 494 g/mol. The lowest BCUT2D eigenvalue weighted by Gasteiger charge is -2.23. The van der Waals surface area contributed by atoms with Crippen LogP contribution in [0.15, 0.2) is 30.3 Å². The second-order valence-corrected chi connectivity index (χ2v) is 8.89. The molecule has 0 bridgehead atoms. The van der Waals surface area contributed by atoms with E-state index in [1.165, 1.54) is 13.8 Å². The number of hydrogen-bond acceptors (Lipinski definition) is 11. The van der Waals surface area contributed by atoms with E-state index in [1.807, 2.05) is 0 Å². The standard InChI is InChI=1S/C22H33N5O8S/c1-12(29)18(24)20(32)27-17(9-28)19(31)26-16(8-14-6-4-3-5-7-14)22(34)35-21(33)15(23)10-36-11-25-13(2)30/h3-7,12,15-18,28-29H,8-11,23-24H2,1-2H3,(H,25,30)(H,26,31)(H,27,32)/t12-,15+,16+,17+,18+/m1/s1. The van der Waals surface area contributed by atoms with Crippen LogP contribution in [0.1, 0.15) is 19.4 Å². The van der Waals surface area contributed by atoms with Gasteiger partial charge in [-0.25, -0.2) is 9.59 Å². The number of thioether (sulfide) groups is 1. The highest BCUT2D eigenvalue weighted by Gasteiger charge is 2.31. The van der Waals surface area contributed by atoms with Gasteiger partial charge < -0.3 is 42.4 Å². The summed E-state index contributed by atoms with van der Waals surface area (Å²) in [6.45, 7) is 1.79. The van der Waals surface area contributed by atoms with Gasteiger partial charge in [0.15, 0.2) is 0 Å². The Hall–Kier alpha value is -3.04. The van der Waals surface area contributed by atoms with Crippen molar-refractivity contribution in [2.24, 2.45) is 11.5 Å². The Morgan fingerprint density at radius 1 is 1.00 bits per heavy atom. The molecule has 13 nitrogen and oxygen atoms in total. The summed E-state index contributed by atoms with van der Waals surface area (Å²) in [6, 6.07) is 3.17. The van der Waals surface area contributed by atoms with Crippen LogP contribution >= 0.6 is 11.8 Å². The molecule has 1 rings (SSSR count). The van der Waals surface area contributed by atoms with Gasteiger partial charge in [-0.15, -0.1) is 11.8 Å². The lowest BCUT2D eigenvalue weighted by atomic mass is 10.1. The van der Waals surface area contributed by atoms with Crippen molar-refractivity contribution in [3.05, 3.63) is 35.9 Å². The molecule has 14 heteroatoms. The third-order valence-electron chi connectivity index (χ3n) is 4.75. The van der Waals surface area contributed by atoms with Gasteiger partial charge in [0.25, 0.3) is 0 Å². The second-order valence-electron chi connectivity index (χ2n) is 7.86. The zero-order valence-corrected chi connectivity index (χ0v) is 20.8. The number of benzene rings is 1. The minimum atomic E-state index is -1.49. The molecule has 0 radical (unpaired) electrons. The predicted octanol–water partition coefficient (Wildman–Crippen LogP) is -2.88. The summed E-state index contributed by atoms with van der Waals surface area (Å²) in [4.78, 5) is 60.7. The molecule has 1 aromatic rings. The van der Waals surface area contributed by atoms with Gasteiger partial charge in [-0.3, -0.25) is 14.4 Å². The smallest absolute Gasteiger partial charge is 0.336 e. The highest BCUT2D eigenvalue weighted by atomic mass is 32.2. The van der Waals surface area contributed by atoms with E-state index in [1.54, 1.807) is 30.3 Å². The molecule has 0 fully saturated rings. The van der Waals surface area contributed by atoms with Gasteiger partial charge in [0.1, 0.15) is 24.2 Å². The Kier molecular flexibility index (Phi) is 13.6. The van der Waals surface area contributed by atoms with Crippen molar-refractivity contribution >= 4 is 41.4 Å². The number of carbonyl (C=O) groups is 5. The number of nitrogens with two attached hydrogens (primary N) is 2. The van der Waals surface area contributed by atoms with Gasteiger partial charge in [0.2, 0.25) is 17.7 Å². The number of nitrogens with one attached hydrogen (secondary N) is 3. The summed E-state index contributed by atoms with van der Waals surface area (Å²) < 4.78 is 4.87. The lowest BCUT2D eigenvalue weighted by molar-refractivity contribution is -0.162. The van der Waals surface area contributed by atoms with Crippen LogP contribution < -0.4 is 27.4 Å². The minimum absolute atomic E-state index is 0.0598. The summed E-state index contributed by atoms with van der Waals surface area (Å²) >= 11 is 1.15. The first-order valence-corrected chi connectivity index (χ1v) is 12.1. The topological polar surface area (TPSA) is 223 Å². The van der Waals surface area contributed by atoms with E-state index in [4.69, 9.17) is 16.2 Å². The SMILES string of the molecule is CC(=O)NCSC[C@H](N)C(=O)OC(=O)[C@H](Cc1ccccc1)NC(=O)[C@H](CO)NC(=O)[C@@H](N)[C@@H](C)O. The average Bonchev–Trinajstić information content (AvgIpc) is 2.84. The molecule has 0 aliphatic rings. The summed E-state index contributed by atoms with van der Waals surface area (Å²) in [5.41, 5.74) is 11.9. The summed E-state index contributed by atoms with van der Waals surface area (Å²) in [5.74, 6) is -3.93. The quantitative estimate of drug-likeness (QED) is 0.0563. The fraction of sp³-hybridized carbons (Fsp3) is 0.500. The second kappa shape index (κ2) is 15.9. The van der Waals surface area contributed by atoms with Crippen LogP contribution in [0.3, 0.4) is 0 Å². The van der Waals surface area contributed by atoms with Gasteiger partial charge in [-0.2, -0.15) is 0 Å². The number of rotatable bonds is 14. The third-order valence-corrected chi connectivity index (χ3v) is 5.69. The van der Waals surface area contributed by atoms with E-state index in [9.17, 15) is 34.2 Å². The first-order chi connectivity index (χ1) is 17.0. The van der Waals surface area contributed by atoms with Crippen molar-refractivity contribution in [3.63, 3.8) is 0 Å². The molecule has 1 aromatic carbocycles. The Morgan fingerprint density at radius 3 is 2.17 bits per heavy atom. The lowest BCUT2D eigenvalue weighted by Crippen LogP contribution is -2.58. The molecular formula is C22H33N5O8S. The molecule has 0 saturated heterocycles. The molecule has 200 valence electrons. The maximum atomic E-state index is 12.8. The van der Waals surface area contributed by atoms with Crippen molar-refractivity contribution in [2.45, 2.75) is 50.5 Å². The van der Waals surface area contributed by atoms with E-state index >= 15 is 0 Å². The first kappa shape index (κ1) is 31.0. The van der Waals surface area contributed by atoms with Gasteiger partial charge in [0, 0.05) is 19.1 Å². The highest BCUT2D eigenvalue weighted by molar-refractivity contribution is 7.99. The molecule has 0 aliphatic carbocycles. The highest BCUT2D eigenvalue weighted by Crippen LogP contribution is 2.07. The minimum Gasteiger partial charge on any atom is -0.394 e. The number of esters is 2. The molecule has 0 aromatic heterocycles. The van der Waals surface area contributed by atoms with Crippen molar-refractivity contribution in [2.75, 3.05) is 18.2 Å². The van der Waals surface area contributed by atoms with E-state index in [2.05, 4.69) is 16.0 Å². The number of aliphatic hydroxyl groups is 2. The zero-order chi connectivity index (χ0) is 27.3. The van der Waals surface area contributed by atoms with Crippen LogP contribution in [0.4, 0.5) is 0 Å². The van der Waals surface area contributed by atoms with Crippen LogP contribution in [0.5, 0.6) is 0 Å². The van der Waals surface area contributed by atoms with Gasteiger partial charge in [0.05, 0.1) is 18.6 Å². The number of aliphatic hydroxyl groups excluding tert-OH is 2. The Bertz CT molecular complexity index is 902. The largest absolute Gasteiger partial charge is 0.394 e. The van der Waals surface area contributed by atoms with Crippen LogP contribution in [0.25, 0.3) is 0 Å². The van der Waals surface area contributed by atoms with E-state index in [-0.39, 0.29) is 24.0 Å². The molecule has 3 amide bonds. The Balaban J connectivity index is 2.88. The Labute approximate surface area is 212 Å². The fourth-order valence-corrected chi connectivity index (χ4v) is 3.46. The molecule has 0 unspecified atom stereocenters. The van der Waals surface area contributed by atoms with Gasteiger partial charge in [-0.05, 0) is 12.5 Å². The number of amides is 3. The fourth-order valence-electron chi connectivity index (χ4n) is 2.65. The molecule has 36 heavy (non-hydrogen) atoms. The molecule has 0 heterocycles.